The first-order valence-electron chi connectivity index (χ1n) is 7.46. The van der Waals surface area contributed by atoms with Crippen LogP contribution in [0.1, 0.15) is 25.0 Å². The number of benzene rings is 2. The molecule has 4 nitrogen and oxygen atoms in total. The molecule has 23 heavy (non-hydrogen) atoms. The Morgan fingerprint density at radius 2 is 1.83 bits per heavy atom. The molecule has 0 saturated heterocycles. The van der Waals surface area contributed by atoms with E-state index in [2.05, 4.69) is 5.32 Å². The van der Waals surface area contributed by atoms with Crippen LogP contribution < -0.4 is 10.1 Å². The average Bonchev–Trinajstić information content (AvgIpc) is 2.56. The molecule has 2 rings (SSSR count). The van der Waals surface area contributed by atoms with E-state index >= 15 is 0 Å². The van der Waals surface area contributed by atoms with Gasteiger partial charge in [0.1, 0.15) is 17.7 Å². The normalized spacial score (nSPS) is 13.2. The number of aliphatic hydroxyl groups excluding tert-OH is 1. The van der Waals surface area contributed by atoms with Crippen molar-refractivity contribution in [1.82, 2.24) is 5.32 Å². The summed E-state index contributed by atoms with van der Waals surface area (Å²) in [6.45, 7) is 2.11. The van der Waals surface area contributed by atoms with Gasteiger partial charge in [-0.05, 0) is 36.8 Å². The standard InChI is InChI=1S/C18H20FNO3/c1-13(23-16-9-7-15(19)8-10-16)12-20-18(22)11-17(21)14-5-3-2-4-6-14/h2-10,13,17,21H,11-12H2,1H3,(H,20,22). The van der Waals surface area contributed by atoms with Gasteiger partial charge < -0.3 is 15.2 Å². The zero-order valence-corrected chi connectivity index (χ0v) is 12.9. The molecule has 1 amide bonds. The van der Waals surface area contributed by atoms with Crippen molar-refractivity contribution in [1.29, 1.82) is 0 Å². The first-order valence-corrected chi connectivity index (χ1v) is 7.46. The number of amides is 1. The van der Waals surface area contributed by atoms with E-state index in [0.717, 1.165) is 0 Å². The molecule has 0 saturated carbocycles. The quantitative estimate of drug-likeness (QED) is 0.825. The number of hydrogen-bond acceptors (Lipinski definition) is 3. The molecule has 2 unspecified atom stereocenters. The smallest absolute Gasteiger partial charge is 0.223 e. The van der Waals surface area contributed by atoms with Crippen LogP contribution in [0.5, 0.6) is 5.75 Å². The Morgan fingerprint density at radius 3 is 2.48 bits per heavy atom. The number of carbonyl (C=O) groups excluding carboxylic acids is 1. The van der Waals surface area contributed by atoms with E-state index in [0.29, 0.717) is 17.9 Å². The fourth-order valence-electron chi connectivity index (χ4n) is 2.09. The Hall–Kier alpha value is -2.40. The highest BCUT2D eigenvalue weighted by Gasteiger charge is 2.13. The van der Waals surface area contributed by atoms with Gasteiger partial charge in [-0.3, -0.25) is 4.79 Å². The first kappa shape index (κ1) is 17.0. The number of halogens is 1. The third-order valence-corrected chi connectivity index (χ3v) is 3.30. The molecule has 0 fully saturated rings. The molecule has 0 spiro atoms. The SMILES string of the molecule is CC(CNC(=O)CC(O)c1ccccc1)Oc1ccc(F)cc1. The van der Waals surface area contributed by atoms with E-state index in [9.17, 15) is 14.3 Å². The number of nitrogens with one attached hydrogen (secondary N) is 1. The van der Waals surface area contributed by atoms with Crippen molar-refractivity contribution in [3.63, 3.8) is 0 Å². The van der Waals surface area contributed by atoms with Gasteiger partial charge in [-0.25, -0.2) is 4.39 Å². The molecule has 5 heteroatoms. The van der Waals surface area contributed by atoms with Crippen LogP contribution in [0, 0.1) is 5.82 Å². The van der Waals surface area contributed by atoms with Crippen molar-refractivity contribution < 1.29 is 19.0 Å². The number of aliphatic hydroxyl groups is 1. The van der Waals surface area contributed by atoms with Crippen molar-refractivity contribution in [2.45, 2.75) is 25.6 Å². The summed E-state index contributed by atoms with van der Waals surface area (Å²) in [7, 11) is 0. The second-order valence-corrected chi connectivity index (χ2v) is 5.32. The van der Waals surface area contributed by atoms with Crippen LogP contribution in [0.25, 0.3) is 0 Å². The number of hydrogen-bond donors (Lipinski definition) is 2. The lowest BCUT2D eigenvalue weighted by Crippen LogP contribution is -2.34. The summed E-state index contributed by atoms with van der Waals surface area (Å²) < 4.78 is 18.4. The summed E-state index contributed by atoms with van der Waals surface area (Å²) in [5, 5.41) is 12.7. The maximum atomic E-state index is 12.8. The zero-order chi connectivity index (χ0) is 16.7. The van der Waals surface area contributed by atoms with Crippen molar-refractivity contribution in [2.24, 2.45) is 0 Å². The average molecular weight is 317 g/mol. The minimum atomic E-state index is -0.829. The third kappa shape index (κ3) is 5.71. The molecule has 122 valence electrons. The second-order valence-electron chi connectivity index (χ2n) is 5.32. The predicted molar refractivity (Wildman–Crippen MR) is 85.5 cm³/mol. The lowest BCUT2D eigenvalue weighted by atomic mass is 10.1. The summed E-state index contributed by atoms with van der Waals surface area (Å²) in [6.07, 6.45) is -1.10. The van der Waals surface area contributed by atoms with Crippen LogP contribution in [0.15, 0.2) is 54.6 Å². The highest BCUT2D eigenvalue weighted by molar-refractivity contribution is 5.76. The molecule has 0 aliphatic heterocycles. The van der Waals surface area contributed by atoms with Gasteiger partial charge in [0, 0.05) is 0 Å². The topological polar surface area (TPSA) is 58.6 Å². The summed E-state index contributed by atoms with van der Waals surface area (Å²) >= 11 is 0. The molecule has 2 aromatic carbocycles. The second kappa shape index (κ2) is 8.29. The molecule has 0 aliphatic carbocycles. The summed E-state index contributed by atoms with van der Waals surface area (Å²) in [5.74, 6) is -0.0402. The lowest BCUT2D eigenvalue weighted by Gasteiger charge is -2.16. The minimum Gasteiger partial charge on any atom is -0.489 e. The summed E-state index contributed by atoms with van der Waals surface area (Å²) in [4.78, 5) is 11.9. The van der Waals surface area contributed by atoms with Crippen molar-refractivity contribution in [3.05, 3.63) is 66.0 Å². The van der Waals surface area contributed by atoms with E-state index in [1.165, 1.54) is 24.3 Å². The van der Waals surface area contributed by atoms with Crippen LogP contribution in [0.2, 0.25) is 0 Å². The van der Waals surface area contributed by atoms with E-state index in [-0.39, 0.29) is 24.2 Å². The van der Waals surface area contributed by atoms with Gasteiger partial charge in [0.2, 0.25) is 5.91 Å². The van der Waals surface area contributed by atoms with Crippen LogP contribution in [-0.4, -0.2) is 23.7 Å². The molecular formula is C18H20FNO3. The van der Waals surface area contributed by atoms with Gasteiger partial charge in [-0.1, -0.05) is 30.3 Å². The molecule has 0 bridgehead atoms. The van der Waals surface area contributed by atoms with E-state index in [4.69, 9.17) is 4.74 Å². The highest BCUT2D eigenvalue weighted by Crippen LogP contribution is 2.16. The number of rotatable bonds is 7. The Balaban J connectivity index is 1.74. The zero-order valence-electron chi connectivity index (χ0n) is 12.9. The maximum absolute atomic E-state index is 12.8. The van der Waals surface area contributed by atoms with Crippen LogP contribution in [0.3, 0.4) is 0 Å². The van der Waals surface area contributed by atoms with Crippen LogP contribution >= 0.6 is 0 Å². The van der Waals surface area contributed by atoms with Gasteiger partial charge in [-0.15, -0.1) is 0 Å². The Labute approximate surface area is 134 Å². The Morgan fingerprint density at radius 1 is 1.17 bits per heavy atom. The molecule has 0 heterocycles. The van der Waals surface area contributed by atoms with Gasteiger partial charge in [0.25, 0.3) is 0 Å². The van der Waals surface area contributed by atoms with Crippen LogP contribution in [0.4, 0.5) is 4.39 Å². The Kier molecular flexibility index (Phi) is 6.11. The number of carbonyl (C=O) groups is 1. The molecule has 0 aliphatic rings. The van der Waals surface area contributed by atoms with Crippen molar-refractivity contribution in [2.75, 3.05) is 6.54 Å². The lowest BCUT2D eigenvalue weighted by molar-refractivity contribution is -0.123. The predicted octanol–water partition coefficient (Wildman–Crippen LogP) is 2.83. The van der Waals surface area contributed by atoms with Gasteiger partial charge in [0.05, 0.1) is 19.1 Å². The number of ether oxygens (including phenoxy) is 1. The van der Waals surface area contributed by atoms with Crippen molar-refractivity contribution in [3.8, 4) is 5.75 Å². The van der Waals surface area contributed by atoms with E-state index in [1.54, 1.807) is 19.1 Å². The molecular weight excluding hydrogens is 297 g/mol. The van der Waals surface area contributed by atoms with E-state index in [1.807, 2.05) is 18.2 Å². The largest absolute Gasteiger partial charge is 0.489 e. The van der Waals surface area contributed by atoms with Crippen LogP contribution in [-0.2, 0) is 4.79 Å². The monoisotopic (exact) mass is 317 g/mol. The summed E-state index contributed by atoms with van der Waals surface area (Å²) in [5.41, 5.74) is 0.707. The third-order valence-electron chi connectivity index (χ3n) is 3.30. The minimum absolute atomic E-state index is 0.00667. The molecule has 0 radical (unpaired) electrons. The molecule has 2 atom stereocenters. The first-order chi connectivity index (χ1) is 11.0. The maximum Gasteiger partial charge on any atom is 0.223 e. The molecule has 2 N–H and O–H groups in total. The van der Waals surface area contributed by atoms with E-state index < -0.39 is 6.10 Å². The van der Waals surface area contributed by atoms with Gasteiger partial charge in [-0.2, -0.15) is 0 Å². The summed E-state index contributed by atoms with van der Waals surface area (Å²) in [6, 6.07) is 14.7. The Bertz CT molecular complexity index is 616. The van der Waals surface area contributed by atoms with Gasteiger partial charge in [0.15, 0.2) is 0 Å². The molecule has 0 aromatic heterocycles. The fourth-order valence-corrected chi connectivity index (χ4v) is 2.09. The van der Waals surface area contributed by atoms with Gasteiger partial charge >= 0.3 is 0 Å². The highest BCUT2D eigenvalue weighted by atomic mass is 19.1. The fraction of sp³-hybridized carbons (Fsp3) is 0.278. The molecule has 2 aromatic rings. The van der Waals surface area contributed by atoms with Crippen molar-refractivity contribution >= 4 is 5.91 Å².